The Morgan fingerprint density at radius 2 is 1.96 bits per heavy atom. The van der Waals surface area contributed by atoms with Crippen molar-refractivity contribution in [3.8, 4) is 5.75 Å². The molecule has 5 nitrogen and oxygen atoms in total. The number of amides is 1. The van der Waals surface area contributed by atoms with Gasteiger partial charge in [-0.05, 0) is 61.1 Å². The van der Waals surface area contributed by atoms with E-state index in [1.807, 2.05) is 6.07 Å². The van der Waals surface area contributed by atoms with Gasteiger partial charge in [0.1, 0.15) is 11.6 Å². The van der Waals surface area contributed by atoms with Gasteiger partial charge in [0.05, 0.1) is 12.7 Å². The molecular weight excluding hydrogens is 381 g/mol. The number of halogens is 1. The molecule has 0 atom stereocenters. The second-order valence-electron chi connectivity index (χ2n) is 6.44. The van der Waals surface area contributed by atoms with E-state index in [1.165, 1.54) is 19.2 Å². The lowest BCUT2D eigenvalue weighted by molar-refractivity contribution is -0.130. The van der Waals surface area contributed by atoms with Gasteiger partial charge in [-0.3, -0.25) is 4.79 Å². The summed E-state index contributed by atoms with van der Waals surface area (Å²) in [7, 11) is 3.20. The molecule has 0 radical (unpaired) electrons. The molecule has 0 saturated heterocycles. The fourth-order valence-corrected chi connectivity index (χ4v) is 3.73. The number of aryl methyl sites for hydroxylation is 1. The number of benzene rings is 2. The van der Waals surface area contributed by atoms with Gasteiger partial charge in [0.2, 0.25) is 5.91 Å². The predicted octanol–water partition coefficient (Wildman–Crippen LogP) is 4.37. The highest BCUT2D eigenvalue weighted by molar-refractivity contribution is 7.99. The van der Waals surface area contributed by atoms with Crippen molar-refractivity contribution in [1.29, 1.82) is 0 Å². The number of methoxy groups -OCH3 is 1. The van der Waals surface area contributed by atoms with Crippen molar-refractivity contribution in [2.24, 2.45) is 0 Å². The first-order valence-corrected chi connectivity index (χ1v) is 9.83. The molecule has 0 aliphatic heterocycles. The summed E-state index contributed by atoms with van der Waals surface area (Å²) >= 11 is 1.59. The van der Waals surface area contributed by atoms with Crippen LogP contribution in [0, 0.1) is 12.7 Å². The molecular formula is C21H24FNO4S. The van der Waals surface area contributed by atoms with Gasteiger partial charge in [0, 0.05) is 30.5 Å². The fourth-order valence-electron chi connectivity index (χ4n) is 2.78. The number of hydrogen-bond donors (Lipinski definition) is 1. The van der Waals surface area contributed by atoms with Crippen LogP contribution in [0.2, 0.25) is 0 Å². The zero-order chi connectivity index (χ0) is 20.7. The molecule has 0 saturated carbocycles. The van der Waals surface area contributed by atoms with E-state index in [-0.39, 0.29) is 18.3 Å². The first-order chi connectivity index (χ1) is 13.3. The summed E-state index contributed by atoms with van der Waals surface area (Å²) in [6.45, 7) is 2.05. The topological polar surface area (TPSA) is 66.8 Å². The van der Waals surface area contributed by atoms with E-state index in [1.54, 1.807) is 48.8 Å². The highest BCUT2D eigenvalue weighted by Gasteiger charge is 2.13. The molecule has 28 heavy (non-hydrogen) atoms. The number of thioether (sulfide) groups is 1. The first-order valence-electron chi connectivity index (χ1n) is 8.85. The molecule has 0 bridgehead atoms. The number of aromatic carboxylic acids is 1. The van der Waals surface area contributed by atoms with Gasteiger partial charge in [-0.15, -0.1) is 11.8 Å². The van der Waals surface area contributed by atoms with Crippen LogP contribution >= 0.6 is 11.8 Å². The summed E-state index contributed by atoms with van der Waals surface area (Å²) in [4.78, 5) is 25.9. The molecule has 0 aliphatic rings. The van der Waals surface area contributed by atoms with Crippen molar-refractivity contribution in [2.75, 3.05) is 19.9 Å². The zero-order valence-corrected chi connectivity index (χ0v) is 17.0. The quantitative estimate of drug-likeness (QED) is 0.496. The second kappa shape index (κ2) is 10.1. The van der Waals surface area contributed by atoms with Crippen molar-refractivity contribution in [1.82, 2.24) is 4.90 Å². The average molecular weight is 405 g/mol. The Balaban J connectivity index is 1.81. The summed E-state index contributed by atoms with van der Waals surface area (Å²) < 4.78 is 18.7. The lowest BCUT2D eigenvalue weighted by atomic mass is 10.1. The Bertz CT molecular complexity index is 856. The lowest BCUT2D eigenvalue weighted by Crippen LogP contribution is -2.26. The van der Waals surface area contributed by atoms with Crippen LogP contribution in [0.3, 0.4) is 0 Å². The maximum Gasteiger partial charge on any atom is 0.335 e. The summed E-state index contributed by atoms with van der Waals surface area (Å²) in [5.74, 6) is -0.0229. The van der Waals surface area contributed by atoms with E-state index >= 15 is 0 Å². The minimum atomic E-state index is -0.933. The number of carbonyl (C=O) groups excluding carboxylic acids is 1. The van der Waals surface area contributed by atoms with Crippen LogP contribution in [0.4, 0.5) is 4.39 Å². The molecule has 0 fully saturated rings. The van der Waals surface area contributed by atoms with Crippen molar-refractivity contribution in [3.63, 3.8) is 0 Å². The van der Waals surface area contributed by atoms with Gasteiger partial charge in [-0.1, -0.05) is 0 Å². The van der Waals surface area contributed by atoms with Gasteiger partial charge in [0.15, 0.2) is 0 Å². The minimum absolute atomic E-state index is 0.0238. The molecule has 7 heteroatoms. The number of ether oxygens (including phenoxy) is 1. The monoisotopic (exact) mass is 405 g/mol. The van der Waals surface area contributed by atoms with Crippen LogP contribution in [-0.2, 0) is 11.3 Å². The molecule has 1 N–H and O–H groups in total. The molecule has 2 aromatic carbocycles. The highest BCUT2D eigenvalue weighted by atomic mass is 32.2. The molecule has 2 rings (SSSR count). The molecule has 1 amide bonds. The summed E-state index contributed by atoms with van der Waals surface area (Å²) in [5.41, 5.74) is 1.65. The smallest absolute Gasteiger partial charge is 0.335 e. The van der Waals surface area contributed by atoms with E-state index in [0.29, 0.717) is 29.7 Å². The average Bonchev–Trinajstić information content (AvgIpc) is 2.65. The number of nitrogens with zero attached hydrogens (tertiary/aromatic N) is 1. The van der Waals surface area contributed by atoms with E-state index < -0.39 is 5.97 Å². The van der Waals surface area contributed by atoms with E-state index in [4.69, 9.17) is 9.84 Å². The Morgan fingerprint density at radius 1 is 1.21 bits per heavy atom. The zero-order valence-electron chi connectivity index (χ0n) is 16.2. The van der Waals surface area contributed by atoms with E-state index in [2.05, 4.69) is 0 Å². The van der Waals surface area contributed by atoms with Crippen molar-refractivity contribution < 1.29 is 23.8 Å². The maximum atomic E-state index is 13.4. The van der Waals surface area contributed by atoms with E-state index in [0.717, 1.165) is 16.2 Å². The highest BCUT2D eigenvalue weighted by Crippen LogP contribution is 2.23. The Morgan fingerprint density at radius 3 is 2.61 bits per heavy atom. The Hall–Kier alpha value is -2.54. The normalized spacial score (nSPS) is 10.6. The minimum Gasteiger partial charge on any atom is -0.496 e. The van der Waals surface area contributed by atoms with Crippen molar-refractivity contribution >= 4 is 23.6 Å². The molecule has 0 unspecified atom stereocenters. The molecule has 150 valence electrons. The maximum absolute atomic E-state index is 13.4. The summed E-state index contributed by atoms with van der Waals surface area (Å²) in [5, 5.41) is 9.06. The van der Waals surface area contributed by atoms with Crippen LogP contribution in [-0.4, -0.2) is 41.8 Å². The standard InChI is InChI=1S/C21H24FNO4S/c1-14-11-17(7-8-18(14)21(25)26)28-10-4-5-20(24)23(2)13-15-12-16(22)6-9-19(15)27-3/h6-9,11-12H,4-5,10,13H2,1-3H3,(H,25,26). The van der Waals surface area contributed by atoms with Crippen LogP contribution in [0.5, 0.6) is 5.75 Å². The third-order valence-corrected chi connectivity index (χ3v) is 5.39. The second-order valence-corrected chi connectivity index (χ2v) is 7.61. The number of carboxylic acids is 1. The molecule has 0 aromatic heterocycles. The van der Waals surface area contributed by atoms with Crippen LogP contribution in [0.25, 0.3) is 0 Å². The third kappa shape index (κ3) is 5.99. The Labute approximate surface area is 168 Å². The first kappa shape index (κ1) is 21.8. The SMILES string of the molecule is COc1ccc(F)cc1CN(C)C(=O)CCCSc1ccc(C(=O)O)c(C)c1. The molecule has 0 aliphatic carbocycles. The van der Waals surface area contributed by atoms with Crippen molar-refractivity contribution in [3.05, 3.63) is 58.9 Å². The molecule has 0 heterocycles. The third-order valence-electron chi connectivity index (χ3n) is 4.31. The predicted molar refractivity (Wildman–Crippen MR) is 108 cm³/mol. The van der Waals surface area contributed by atoms with Gasteiger partial charge in [0.25, 0.3) is 0 Å². The van der Waals surface area contributed by atoms with Gasteiger partial charge in [-0.2, -0.15) is 0 Å². The van der Waals surface area contributed by atoms with Crippen LogP contribution in [0.1, 0.15) is 34.3 Å². The van der Waals surface area contributed by atoms with Crippen molar-refractivity contribution in [2.45, 2.75) is 31.2 Å². The number of rotatable bonds is 9. The van der Waals surface area contributed by atoms with E-state index in [9.17, 15) is 14.0 Å². The van der Waals surface area contributed by atoms with Crippen LogP contribution < -0.4 is 4.74 Å². The van der Waals surface area contributed by atoms with Gasteiger partial charge in [-0.25, -0.2) is 9.18 Å². The summed E-state index contributed by atoms with van der Waals surface area (Å²) in [6.07, 6.45) is 1.07. The summed E-state index contributed by atoms with van der Waals surface area (Å²) in [6, 6.07) is 9.49. The molecule has 2 aromatic rings. The van der Waals surface area contributed by atoms with Gasteiger partial charge < -0.3 is 14.7 Å². The number of carboxylic acid groups (broad SMARTS) is 1. The fraction of sp³-hybridized carbons (Fsp3) is 0.333. The number of hydrogen-bond acceptors (Lipinski definition) is 4. The largest absolute Gasteiger partial charge is 0.496 e. The Kier molecular flexibility index (Phi) is 7.87. The number of carbonyl (C=O) groups is 2. The van der Waals surface area contributed by atoms with Crippen LogP contribution in [0.15, 0.2) is 41.3 Å². The van der Waals surface area contributed by atoms with Gasteiger partial charge >= 0.3 is 5.97 Å². The lowest BCUT2D eigenvalue weighted by Gasteiger charge is -2.19. The molecule has 0 spiro atoms.